The Balaban J connectivity index is 1.55. The number of carbonyl (C=O) groups is 1. The number of nitriles is 1. The molecule has 0 saturated carbocycles. The van der Waals surface area contributed by atoms with Crippen molar-refractivity contribution >= 4 is 23.4 Å². The monoisotopic (exact) mass is 543 g/mol. The number of rotatable bonds is 7. The summed E-state index contributed by atoms with van der Waals surface area (Å²) in [5.41, 5.74) is 2.62. The highest BCUT2D eigenvalue weighted by Crippen LogP contribution is 2.28. The molecule has 0 saturated heterocycles. The highest BCUT2D eigenvalue weighted by molar-refractivity contribution is 7.98. The van der Waals surface area contributed by atoms with Gasteiger partial charge in [0.1, 0.15) is 23.1 Å². The summed E-state index contributed by atoms with van der Waals surface area (Å²) in [5, 5.41) is 15.5. The van der Waals surface area contributed by atoms with Gasteiger partial charge in [-0.15, -0.1) is 0 Å². The van der Waals surface area contributed by atoms with Crippen molar-refractivity contribution in [1.82, 2.24) is 19.7 Å². The first-order chi connectivity index (χ1) is 18.5. The molecule has 0 aliphatic heterocycles. The van der Waals surface area contributed by atoms with Gasteiger partial charge in [0.2, 0.25) is 0 Å². The third-order valence-corrected chi connectivity index (χ3v) is 6.95. The molecule has 0 bridgehead atoms. The molecule has 0 atom stereocenters. The minimum atomic E-state index is -0.522. The molecule has 0 aliphatic carbocycles. The van der Waals surface area contributed by atoms with Crippen molar-refractivity contribution in [3.8, 4) is 23.1 Å². The maximum Gasteiger partial charge on any atom is 0.290 e. The molecule has 11 heteroatoms. The number of anilines is 1. The van der Waals surface area contributed by atoms with Crippen LogP contribution in [0.2, 0.25) is 0 Å². The van der Waals surface area contributed by atoms with Crippen LogP contribution in [0.4, 0.5) is 5.69 Å². The first-order valence-electron chi connectivity index (χ1n) is 12.1. The Hall–Kier alpha value is -4.40. The van der Waals surface area contributed by atoms with Crippen LogP contribution >= 0.6 is 11.8 Å². The van der Waals surface area contributed by atoms with Crippen LogP contribution in [0.3, 0.4) is 0 Å². The van der Waals surface area contributed by atoms with E-state index in [1.54, 1.807) is 62.7 Å². The fraction of sp³-hybridized carbons (Fsp3) is 0.250. The molecular weight excluding hydrogens is 514 g/mol. The van der Waals surface area contributed by atoms with Gasteiger partial charge in [-0.3, -0.25) is 14.3 Å². The number of aromatic amines is 1. The van der Waals surface area contributed by atoms with Crippen molar-refractivity contribution in [3.63, 3.8) is 0 Å². The number of H-pyrrole nitrogens is 1. The molecular formula is C28H29N7O3S. The van der Waals surface area contributed by atoms with Crippen molar-refractivity contribution < 1.29 is 9.53 Å². The van der Waals surface area contributed by atoms with Crippen LogP contribution in [0, 0.1) is 11.3 Å². The lowest BCUT2D eigenvalue weighted by molar-refractivity contribution is 0.0978. The van der Waals surface area contributed by atoms with E-state index in [1.807, 2.05) is 32.9 Å². The molecule has 2 aromatic carbocycles. The van der Waals surface area contributed by atoms with Gasteiger partial charge in [-0.25, -0.2) is 15.8 Å². The van der Waals surface area contributed by atoms with Gasteiger partial charge in [-0.2, -0.15) is 10.4 Å². The average molecular weight is 544 g/mol. The molecule has 39 heavy (non-hydrogen) atoms. The maximum absolute atomic E-state index is 13.2. The van der Waals surface area contributed by atoms with Crippen LogP contribution < -0.4 is 21.1 Å². The Labute approximate surface area is 230 Å². The standard InChI is InChI=1S/C28H29N7O3S/c1-28(2,3)23-14-22(34(4)33-23)26(37)35(30)19-10-6-8-17(12-19)16-39-27-31-24(21(15-29)25(36)32-27)18-9-7-11-20(13-18)38-5/h6-14H,16,30H2,1-5H3,(H,31,32,36). The quantitative estimate of drug-likeness (QED) is 0.116. The van der Waals surface area contributed by atoms with Crippen molar-refractivity contribution in [2.45, 2.75) is 37.1 Å². The first-order valence-corrected chi connectivity index (χ1v) is 13.0. The van der Waals surface area contributed by atoms with Gasteiger partial charge >= 0.3 is 0 Å². The average Bonchev–Trinajstić information content (AvgIpc) is 3.33. The predicted molar refractivity (Wildman–Crippen MR) is 150 cm³/mol. The number of methoxy groups -OCH3 is 1. The third kappa shape index (κ3) is 6.03. The Morgan fingerprint density at radius 3 is 2.62 bits per heavy atom. The minimum absolute atomic E-state index is 0.0725. The summed E-state index contributed by atoms with van der Waals surface area (Å²) >= 11 is 1.29. The number of aryl methyl sites for hydroxylation is 1. The van der Waals surface area contributed by atoms with Gasteiger partial charge in [0.05, 0.1) is 24.2 Å². The largest absolute Gasteiger partial charge is 0.497 e. The number of hydrogen-bond donors (Lipinski definition) is 2. The summed E-state index contributed by atoms with van der Waals surface area (Å²) in [6, 6.07) is 18.0. The van der Waals surface area contributed by atoms with Crippen LogP contribution in [0.25, 0.3) is 11.3 Å². The highest BCUT2D eigenvalue weighted by atomic mass is 32.2. The van der Waals surface area contributed by atoms with Crippen molar-refractivity contribution in [1.29, 1.82) is 5.26 Å². The summed E-state index contributed by atoms with van der Waals surface area (Å²) in [6.45, 7) is 6.08. The van der Waals surface area contributed by atoms with E-state index < -0.39 is 5.56 Å². The lowest BCUT2D eigenvalue weighted by atomic mass is 9.92. The Kier molecular flexibility index (Phi) is 7.90. The number of hydrazine groups is 1. The second-order valence-electron chi connectivity index (χ2n) is 9.86. The maximum atomic E-state index is 13.2. The molecule has 0 unspecified atom stereocenters. The second kappa shape index (κ2) is 11.1. The zero-order valence-electron chi connectivity index (χ0n) is 22.3. The molecule has 2 heterocycles. The molecule has 0 spiro atoms. The predicted octanol–water partition coefficient (Wildman–Crippen LogP) is 4.16. The third-order valence-electron chi connectivity index (χ3n) is 6.00. The molecule has 0 radical (unpaired) electrons. The zero-order valence-corrected chi connectivity index (χ0v) is 23.2. The van der Waals surface area contributed by atoms with Gasteiger partial charge in [0.25, 0.3) is 11.5 Å². The van der Waals surface area contributed by atoms with E-state index in [0.717, 1.165) is 16.3 Å². The molecule has 10 nitrogen and oxygen atoms in total. The summed E-state index contributed by atoms with van der Waals surface area (Å²) < 4.78 is 6.81. The van der Waals surface area contributed by atoms with Crippen molar-refractivity contribution in [2.75, 3.05) is 12.1 Å². The number of thioether (sulfide) groups is 1. The molecule has 3 N–H and O–H groups in total. The fourth-order valence-corrected chi connectivity index (χ4v) is 4.63. The number of nitrogens with zero attached hydrogens (tertiary/aromatic N) is 5. The molecule has 4 aromatic rings. The van der Waals surface area contributed by atoms with E-state index in [9.17, 15) is 14.9 Å². The van der Waals surface area contributed by atoms with E-state index >= 15 is 0 Å². The lowest BCUT2D eigenvalue weighted by Gasteiger charge is -2.17. The number of benzene rings is 2. The van der Waals surface area contributed by atoms with Gasteiger partial charge in [0.15, 0.2) is 5.16 Å². The summed E-state index contributed by atoms with van der Waals surface area (Å²) in [5.74, 6) is 6.87. The van der Waals surface area contributed by atoms with E-state index in [1.165, 1.54) is 16.4 Å². The van der Waals surface area contributed by atoms with E-state index in [4.69, 9.17) is 10.6 Å². The number of amides is 1. The summed E-state index contributed by atoms with van der Waals surface area (Å²) in [7, 11) is 3.26. The highest BCUT2D eigenvalue weighted by Gasteiger charge is 2.24. The molecule has 200 valence electrons. The van der Waals surface area contributed by atoms with Crippen LogP contribution in [-0.4, -0.2) is 32.8 Å². The van der Waals surface area contributed by atoms with Gasteiger partial charge in [0, 0.05) is 23.8 Å². The summed E-state index contributed by atoms with van der Waals surface area (Å²) in [6.07, 6.45) is 0. The Morgan fingerprint density at radius 2 is 1.95 bits per heavy atom. The SMILES string of the molecule is COc1cccc(-c2nc(SCc3cccc(N(N)C(=O)c4cc(C(C)(C)C)nn4C)c3)[nH]c(=O)c2C#N)c1. The second-order valence-corrected chi connectivity index (χ2v) is 10.8. The number of aromatic nitrogens is 4. The van der Waals surface area contributed by atoms with Crippen LogP contribution in [-0.2, 0) is 18.2 Å². The smallest absolute Gasteiger partial charge is 0.290 e. The molecule has 2 aromatic heterocycles. The van der Waals surface area contributed by atoms with Gasteiger partial charge in [-0.1, -0.05) is 56.8 Å². The first kappa shape index (κ1) is 27.6. The number of hydrogen-bond acceptors (Lipinski definition) is 8. The molecule has 4 rings (SSSR count). The zero-order chi connectivity index (χ0) is 28.3. The van der Waals surface area contributed by atoms with Gasteiger partial charge < -0.3 is 9.72 Å². The van der Waals surface area contributed by atoms with Crippen molar-refractivity contribution in [2.24, 2.45) is 12.9 Å². The normalized spacial score (nSPS) is 11.2. The lowest BCUT2D eigenvalue weighted by Crippen LogP contribution is -2.38. The Morgan fingerprint density at radius 1 is 1.21 bits per heavy atom. The number of nitrogens with one attached hydrogen (secondary N) is 1. The molecule has 0 fully saturated rings. The fourth-order valence-electron chi connectivity index (χ4n) is 3.83. The number of ether oxygens (including phenoxy) is 1. The minimum Gasteiger partial charge on any atom is -0.497 e. The molecule has 1 amide bonds. The number of carbonyl (C=O) groups excluding carboxylic acids is 1. The number of nitrogens with two attached hydrogens (primary N) is 1. The van der Waals surface area contributed by atoms with Gasteiger partial charge in [-0.05, 0) is 35.9 Å². The topological polar surface area (TPSA) is 143 Å². The Bertz CT molecular complexity index is 1630. The molecule has 0 aliphatic rings. The van der Waals surface area contributed by atoms with Crippen LogP contribution in [0.1, 0.15) is 48.1 Å². The van der Waals surface area contributed by atoms with E-state index in [0.29, 0.717) is 33.6 Å². The van der Waals surface area contributed by atoms with E-state index in [-0.39, 0.29) is 22.6 Å². The van der Waals surface area contributed by atoms with Crippen molar-refractivity contribution in [3.05, 3.63) is 87.5 Å². The van der Waals surface area contributed by atoms with Crippen LogP contribution in [0.5, 0.6) is 5.75 Å². The van der Waals surface area contributed by atoms with E-state index in [2.05, 4.69) is 15.1 Å². The summed E-state index contributed by atoms with van der Waals surface area (Å²) in [4.78, 5) is 33.0. The van der Waals surface area contributed by atoms with Crippen LogP contribution in [0.15, 0.2) is 64.5 Å².